The van der Waals surface area contributed by atoms with Crippen LogP contribution in [0.2, 0.25) is 0 Å². The Morgan fingerprint density at radius 1 is 1.11 bits per heavy atom. The predicted molar refractivity (Wildman–Crippen MR) is 114 cm³/mol. The third-order valence-corrected chi connectivity index (χ3v) is 4.56. The lowest BCUT2D eigenvalue weighted by molar-refractivity contribution is 0.0963. The van der Waals surface area contributed by atoms with Crippen molar-refractivity contribution in [1.82, 2.24) is 15.3 Å². The van der Waals surface area contributed by atoms with E-state index >= 15 is 0 Å². The fraction of sp³-hybridized carbons (Fsp3) is 0.174. The van der Waals surface area contributed by atoms with Crippen LogP contribution in [-0.4, -0.2) is 22.9 Å². The van der Waals surface area contributed by atoms with Crippen LogP contribution in [-0.2, 0) is 6.42 Å². The van der Waals surface area contributed by atoms with Crippen LogP contribution < -0.4 is 10.6 Å². The van der Waals surface area contributed by atoms with Gasteiger partial charge in [0.05, 0.1) is 5.56 Å². The minimum Gasteiger partial charge on any atom is -0.355 e. The number of hydrogen-bond donors (Lipinski definition) is 2. The third-order valence-electron chi connectivity index (χ3n) is 4.56. The topological polar surface area (TPSA) is 66.9 Å². The average molecular weight is 372 g/mol. The molecule has 1 amide bonds. The van der Waals surface area contributed by atoms with Crippen molar-refractivity contribution in [3.8, 4) is 11.1 Å². The summed E-state index contributed by atoms with van der Waals surface area (Å²) in [5, 5.41) is 5.87. The molecule has 0 radical (unpaired) electrons. The number of amides is 1. The largest absolute Gasteiger partial charge is 0.355 e. The zero-order valence-corrected chi connectivity index (χ0v) is 16.4. The molecule has 0 spiro atoms. The summed E-state index contributed by atoms with van der Waals surface area (Å²) in [6, 6.07) is 12.2. The fourth-order valence-corrected chi connectivity index (χ4v) is 2.98. The van der Waals surface area contributed by atoms with Crippen LogP contribution >= 0.6 is 0 Å². The summed E-state index contributed by atoms with van der Waals surface area (Å²) >= 11 is 0. The van der Waals surface area contributed by atoms with E-state index < -0.39 is 0 Å². The number of nitrogens with one attached hydrogen (secondary N) is 2. The zero-order valence-electron chi connectivity index (χ0n) is 16.4. The van der Waals surface area contributed by atoms with Crippen molar-refractivity contribution >= 4 is 17.8 Å². The summed E-state index contributed by atoms with van der Waals surface area (Å²) in [5.74, 6) is 0.638. The van der Waals surface area contributed by atoms with Crippen LogP contribution in [0.15, 0.2) is 61.2 Å². The van der Waals surface area contributed by atoms with Gasteiger partial charge in [-0.1, -0.05) is 31.2 Å². The van der Waals surface area contributed by atoms with Crippen LogP contribution in [0, 0.1) is 6.92 Å². The van der Waals surface area contributed by atoms with Crippen LogP contribution in [0.5, 0.6) is 0 Å². The fourth-order valence-electron chi connectivity index (χ4n) is 2.98. The average Bonchev–Trinajstić information content (AvgIpc) is 2.74. The first-order chi connectivity index (χ1) is 13.6. The van der Waals surface area contributed by atoms with Gasteiger partial charge in [-0.3, -0.25) is 9.78 Å². The van der Waals surface area contributed by atoms with E-state index in [-0.39, 0.29) is 5.91 Å². The van der Waals surface area contributed by atoms with Gasteiger partial charge in [-0.2, -0.15) is 0 Å². The monoisotopic (exact) mass is 372 g/mol. The van der Waals surface area contributed by atoms with Gasteiger partial charge in [0.15, 0.2) is 0 Å². The Kier molecular flexibility index (Phi) is 6.17. The normalized spacial score (nSPS) is 10.8. The lowest BCUT2D eigenvalue weighted by atomic mass is 10.1. The highest BCUT2D eigenvalue weighted by atomic mass is 16.1. The number of rotatable bonds is 6. The Morgan fingerprint density at radius 3 is 2.64 bits per heavy atom. The molecule has 2 heterocycles. The van der Waals surface area contributed by atoms with Gasteiger partial charge >= 0.3 is 0 Å². The summed E-state index contributed by atoms with van der Waals surface area (Å²) in [6.07, 6.45) is 10.0. The van der Waals surface area contributed by atoms with Crippen molar-refractivity contribution in [2.24, 2.45) is 0 Å². The van der Waals surface area contributed by atoms with E-state index in [9.17, 15) is 4.79 Å². The number of anilines is 1. The summed E-state index contributed by atoms with van der Waals surface area (Å²) in [6.45, 7) is 4.15. The maximum Gasteiger partial charge on any atom is 0.252 e. The highest BCUT2D eigenvalue weighted by molar-refractivity contribution is 5.94. The first-order valence-electron chi connectivity index (χ1n) is 9.27. The molecule has 0 aliphatic heterocycles. The van der Waals surface area contributed by atoms with Gasteiger partial charge in [0.25, 0.3) is 5.91 Å². The second-order valence-electron chi connectivity index (χ2n) is 6.46. The Balaban J connectivity index is 1.78. The van der Waals surface area contributed by atoms with Gasteiger partial charge in [-0.15, -0.1) is 0 Å². The van der Waals surface area contributed by atoms with Gasteiger partial charge in [-0.05, 0) is 48.2 Å². The first-order valence-corrected chi connectivity index (χ1v) is 9.27. The highest BCUT2D eigenvalue weighted by Crippen LogP contribution is 2.23. The molecule has 5 heteroatoms. The predicted octanol–water partition coefficient (Wildman–Crippen LogP) is 4.46. The number of hydrogen-bond acceptors (Lipinski definition) is 4. The molecule has 1 aromatic carbocycles. The molecule has 28 heavy (non-hydrogen) atoms. The molecule has 0 aliphatic carbocycles. The number of pyridine rings is 2. The summed E-state index contributed by atoms with van der Waals surface area (Å²) in [4.78, 5) is 20.5. The number of carbonyl (C=O) groups excluding carboxylic acids is 1. The van der Waals surface area contributed by atoms with Gasteiger partial charge in [0.2, 0.25) is 0 Å². The quantitative estimate of drug-likeness (QED) is 0.670. The molecule has 0 atom stereocenters. The standard InChI is InChI=1S/C23H24N4O/c1-4-17-7-5-6-8-18(17)9-10-26-22-16(2)11-19(15-27-22)20-12-21(14-25-13-20)23(28)24-3/h5-15H,4H2,1-3H3,(H,24,28)(H,26,27)/b10-9+. The second-order valence-corrected chi connectivity index (χ2v) is 6.46. The molecule has 0 saturated carbocycles. The zero-order chi connectivity index (χ0) is 19.9. The highest BCUT2D eigenvalue weighted by Gasteiger charge is 2.08. The Morgan fingerprint density at radius 2 is 1.89 bits per heavy atom. The molecule has 2 N–H and O–H groups in total. The first kappa shape index (κ1) is 19.3. The molecule has 3 rings (SSSR count). The maximum absolute atomic E-state index is 11.8. The number of aryl methyl sites for hydroxylation is 2. The second kappa shape index (κ2) is 8.95. The number of carbonyl (C=O) groups is 1. The van der Waals surface area contributed by atoms with E-state index in [0.717, 1.165) is 28.9 Å². The number of aromatic nitrogens is 2. The third kappa shape index (κ3) is 4.43. The summed E-state index contributed by atoms with van der Waals surface area (Å²) in [7, 11) is 1.60. The molecule has 2 aromatic heterocycles. The lowest BCUT2D eigenvalue weighted by Crippen LogP contribution is -2.17. The van der Waals surface area contributed by atoms with Crippen LogP contribution in [0.25, 0.3) is 17.2 Å². The van der Waals surface area contributed by atoms with Gasteiger partial charge in [0.1, 0.15) is 5.82 Å². The Hall–Kier alpha value is -3.47. The molecule has 5 nitrogen and oxygen atoms in total. The molecule has 3 aromatic rings. The Bertz CT molecular complexity index is 1010. The molecule has 142 valence electrons. The molecule has 0 aliphatic rings. The van der Waals surface area contributed by atoms with Crippen molar-refractivity contribution < 1.29 is 4.79 Å². The van der Waals surface area contributed by atoms with E-state index in [4.69, 9.17) is 0 Å². The lowest BCUT2D eigenvalue weighted by Gasteiger charge is -2.09. The van der Waals surface area contributed by atoms with Crippen molar-refractivity contribution in [1.29, 1.82) is 0 Å². The van der Waals surface area contributed by atoms with Crippen LogP contribution in [0.1, 0.15) is 34.0 Å². The smallest absolute Gasteiger partial charge is 0.252 e. The van der Waals surface area contributed by atoms with E-state index in [2.05, 4.69) is 51.8 Å². The van der Waals surface area contributed by atoms with Gasteiger partial charge in [0, 0.05) is 43.0 Å². The SMILES string of the molecule is CCc1ccccc1/C=C/Nc1ncc(-c2cncc(C(=O)NC)c2)cc1C. The molecule has 0 bridgehead atoms. The summed E-state index contributed by atoms with van der Waals surface area (Å²) in [5.41, 5.74) is 5.82. The van der Waals surface area contributed by atoms with Crippen molar-refractivity contribution in [3.05, 3.63) is 83.4 Å². The van der Waals surface area contributed by atoms with E-state index in [1.54, 1.807) is 25.6 Å². The maximum atomic E-state index is 11.8. The van der Waals surface area contributed by atoms with Gasteiger partial charge < -0.3 is 10.6 Å². The Labute approximate surface area is 165 Å². The van der Waals surface area contributed by atoms with Crippen molar-refractivity contribution in [2.75, 3.05) is 12.4 Å². The van der Waals surface area contributed by atoms with E-state index in [1.807, 2.05) is 31.3 Å². The molecular weight excluding hydrogens is 348 g/mol. The number of nitrogens with zero attached hydrogens (tertiary/aromatic N) is 2. The molecule has 0 saturated heterocycles. The van der Waals surface area contributed by atoms with Crippen LogP contribution in [0.3, 0.4) is 0 Å². The molecule has 0 unspecified atom stereocenters. The van der Waals surface area contributed by atoms with Crippen molar-refractivity contribution in [3.63, 3.8) is 0 Å². The summed E-state index contributed by atoms with van der Waals surface area (Å²) < 4.78 is 0. The van der Waals surface area contributed by atoms with Gasteiger partial charge in [-0.25, -0.2) is 4.98 Å². The molecular formula is C23H24N4O. The molecule has 0 fully saturated rings. The van der Waals surface area contributed by atoms with Crippen molar-refractivity contribution in [2.45, 2.75) is 20.3 Å². The van der Waals surface area contributed by atoms with Crippen LogP contribution in [0.4, 0.5) is 5.82 Å². The minimum atomic E-state index is -0.158. The minimum absolute atomic E-state index is 0.158. The number of benzene rings is 1. The van der Waals surface area contributed by atoms with E-state index in [1.165, 1.54) is 11.1 Å². The van der Waals surface area contributed by atoms with E-state index in [0.29, 0.717) is 5.56 Å².